The monoisotopic (exact) mass is 468 g/mol. The van der Waals surface area contributed by atoms with Crippen LogP contribution < -0.4 is 11.3 Å². The molecule has 0 radical (unpaired) electrons. The van der Waals surface area contributed by atoms with E-state index in [4.69, 9.17) is 15.0 Å². The van der Waals surface area contributed by atoms with E-state index in [1.165, 1.54) is 12.1 Å². The Morgan fingerprint density at radius 1 is 1.26 bits per heavy atom. The van der Waals surface area contributed by atoms with Crippen LogP contribution in [0.1, 0.15) is 50.8 Å². The molecular weight excluding hydrogens is 439 g/mol. The van der Waals surface area contributed by atoms with Gasteiger partial charge in [0.15, 0.2) is 0 Å². The number of halogens is 1. The van der Waals surface area contributed by atoms with Gasteiger partial charge in [0, 0.05) is 24.2 Å². The van der Waals surface area contributed by atoms with E-state index in [9.17, 15) is 9.18 Å². The summed E-state index contributed by atoms with van der Waals surface area (Å²) in [5, 5.41) is 8.46. The molecule has 1 unspecified atom stereocenters. The summed E-state index contributed by atoms with van der Waals surface area (Å²) in [5.41, 5.74) is 7.99. The summed E-state index contributed by atoms with van der Waals surface area (Å²) in [4.78, 5) is 19.8. The average Bonchev–Trinajstić information content (AvgIpc) is 3.41. The molecule has 10 heteroatoms. The number of nitrogens with zero attached hydrogens (tertiary/aromatic N) is 4. The van der Waals surface area contributed by atoms with Crippen molar-refractivity contribution in [3.05, 3.63) is 57.9 Å². The van der Waals surface area contributed by atoms with Crippen molar-refractivity contribution >= 4 is 5.65 Å². The van der Waals surface area contributed by atoms with Crippen molar-refractivity contribution in [2.75, 3.05) is 13.2 Å². The van der Waals surface area contributed by atoms with E-state index < -0.39 is 0 Å². The van der Waals surface area contributed by atoms with Crippen LogP contribution in [0.5, 0.6) is 0 Å². The minimum absolute atomic E-state index is 0.0290. The van der Waals surface area contributed by atoms with E-state index in [1.807, 2.05) is 20.8 Å². The van der Waals surface area contributed by atoms with E-state index in [-0.39, 0.29) is 34.6 Å². The number of nitrogens with two attached hydrogens (primary N) is 1. The summed E-state index contributed by atoms with van der Waals surface area (Å²) in [5.74, 6) is 0.0335. The van der Waals surface area contributed by atoms with Crippen LogP contribution in [0.2, 0.25) is 0 Å². The zero-order valence-corrected chi connectivity index (χ0v) is 19.8. The molecule has 4 rings (SSSR count). The molecule has 180 valence electrons. The van der Waals surface area contributed by atoms with Crippen LogP contribution in [0, 0.1) is 12.7 Å². The molecule has 0 spiro atoms. The number of fused-ring (bicyclic) bond motifs is 1. The highest BCUT2D eigenvalue weighted by Crippen LogP contribution is 2.29. The van der Waals surface area contributed by atoms with Crippen molar-refractivity contribution in [1.82, 2.24) is 24.7 Å². The molecule has 1 aromatic carbocycles. The normalized spacial score (nSPS) is 13.0. The predicted molar refractivity (Wildman–Crippen MR) is 126 cm³/mol. The van der Waals surface area contributed by atoms with E-state index >= 15 is 0 Å². The van der Waals surface area contributed by atoms with E-state index in [0.717, 1.165) is 5.69 Å². The molecule has 3 heterocycles. The maximum absolute atomic E-state index is 14.0. The van der Waals surface area contributed by atoms with Crippen molar-refractivity contribution in [2.24, 2.45) is 5.73 Å². The van der Waals surface area contributed by atoms with Gasteiger partial charge >= 0.3 is 0 Å². The summed E-state index contributed by atoms with van der Waals surface area (Å²) in [6, 6.07) is 6.27. The standard InChI is InChI=1S/C24H29FN6O3/c1-14-5-6-16(11-18(14)25)21-29-23(34-30-21)17-13-27-31-19(12-20(32)28-22(17)31)15(7-9-26)8-10-33-24(2,3)4/h5-6,11-13,15H,7-10,26H2,1-4H3,(H,28,32). The third kappa shape index (κ3) is 5.07. The molecule has 9 nitrogen and oxygen atoms in total. The Bertz CT molecular complexity index is 1350. The maximum Gasteiger partial charge on any atom is 0.263 e. The Labute approximate surface area is 196 Å². The summed E-state index contributed by atoms with van der Waals surface area (Å²) >= 11 is 0. The Kier molecular flexibility index (Phi) is 6.63. The topological polar surface area (TPSA) is 124 Å². The Balaban J connectivity index is 1.69. The molecule has 0 bridgehead atoms. The maximum atomic E-state index is 14.0. The molecule has 3 aromatic heterocycles. The van der Waals surface area contributed by atoms with Gasteiger partial charge in [0.1, 0.15) is 17.0 Å². The summed E-state index contributed by atoms with van der Waals surface area (Å²) in [7, 11) is 0. The van der Waals surface area contributed by atoms with Crippen LogP contribution in [0.4, 0.5) is 4.39 Å². The van der Waals surface area contributed by atoms with Crippen molar-refractivity contribution in [3.8, 4) is 22.8 Å². The predicted octanol–water partition coefficient (Wildman–Crippen LogP) is 3.82. The second-order valence-corrected chi connectivity index (χ2v) is 9.29. The zero-order valence-electron chi connectivity index (χ0n) is 19.8. The van der Waals surface area contributed by atoms with Gasteiger partial charge in [0.25, 0.3) is 11.4 Å². The number of aromatic amines is 1. The lowest BCUT2D eigenvalue weighted by molar-refractivity contribution is -0.00660. The van der Waals surface area contributed by atoms with Gasteiger partial charge in [-0.25, -0.2) is 8.91 Å². The Morgan fingerprint density at radius 3 is 2.76 bits per heavy atom. The first-order valence-corrected chi connectivity index (χ1v) is 11.2. The molecule has 1 atom stereocenters. The number of aromatic nitrogens is 5. The summed E-state index contributed by atoms with van der Waals surface area (Å²) in [6.45, 7) is 8.67. The molecule has 34 heavy (non-hydrogen) atoms. The second-order valence-electron chi connectivity index (χ2n) is 9.29. The van der Waals surface area contributed by atoms with Crippen LogP contribution in [0.3, 0.4) is 0 Å². The Morgan fingerprint density at radius 2 is 2.06 bits per heavy atom. The van der Waals surface area contributed by atoms with E-state index in [1.54, 1.807) is 29.8 Å². The number of nitrogens with one attached hydrogen (secondary N) is 1. The molecule has 0 saturated heterocycles. The van der Waals surface area contributed by atoms with Gasteiger partial charge in [0.05, 0.1) is 17.5 Å². The molecule has 3 N–H and O–H groups in total. The molecule has 0 aliphatic rings. The van der Waals surface area contributed by atoms with Gasteiger partial charge in [0.2, 0.25) is 5.82 Å². The third-order valence-electron chi connectivity index (χ3n) is 5.56. The lowest BCUT2D eigenvalue weighted by atomic mass is 9.97. The lowest BCUT2D eigenvalue weighted by Gasteiger charge is -2.22. The highest BCUT2D eigenvalue weighted by Gasteiger charge is 2.22. The third-order valence-corrected chi connectivity index (χ3v) is 5.56. The molecule has 0 fully saturated rings. The van der Waals surface area contributed by atoms with E-state index in [2.05, 4.69) is 20.2 Å². The van der Waals surface area contributed by atoms with Gasteiger partial charge in [-0.3, -0.25) is 4.79 Å². The van der Waals surface area contributed by atoms with Gasteiger partial charge in [-0.15, -0.1) is 0 Å². The fourth-order valence-corrected chi connectivity index (χ4v) is 3.79. The van der Waals surface area contributed by atoms with Crippen LogP contribution in [0.25, 0.3) is 28.5 Å². The number of hydrogen-bond donors (Lipinski definition) is 2. The second kappa shape index (κ2) is 9.47. The van der Waals surface area contributed by atoms with E-state index in [0.29, 0.717) is 48.3 Å². The quantitative estimate of drug-likeness (QED) is 0.403. The molecule has 0 saturated carbocycles. The summed E-state index contributed by atoms with van der Waals surface area (Å²) < 4.78 is 27.0. The fraction of sp³-hybridized carbons (Fsp3) is 0.417. The van der Waals surface area contributed by atoms with Crippen LogP contribution >= 0.6 is 0 Å². The van der Waals surface area contributed by atoms with Gasteiger partial charge in [-0.05, 0) is 58.7 Å². The number of hydrogen-bond acceptors (Lipinski definition) is 7. The largest absolute Gasteiger partial charge is 0.376 e. The van der Waals surface area contributed by atoms with Gasteiger partial charge in [-0.2, -0.15) is 10.1 Å². The minimum atomic E-state index is -0.352. The molecule has 0 amide bonds. The number of H-pyrrole nitrogens is 1. The van der Waals surface area contributed by atoms with Crippen molar-refractivity contribution in [1.29, 1.82) is 0 Å². The molecule has 0 aliphatic carbocycles. The highest BCUT2D eigenvalue weighted by molar-refractivity contribution is 5.72. The first-order valence-electron chi connectivity index (χ1n) is 11.2. The van der Waals surface area contributed by atoms with Crippen LogP contribution in [-0.2, 0) is 4.74 Å². The average molecular weight is 469 g/mol. The molecule has 0 aliphatic heterocycles. The van der Waals surface area contributed by atoms with Gasteiger partial charge < -0.3 is 20.0 Å². The van der Waals surface area contributed by atoms with Gasteiger partial charge in [-0.1, -0.05) is 17.3 Å². The van der Waals surface area contributed by atoms with Crippen LogP contribution in [0.15, 0.2) is 39.8 Å². The first kappa shape index (κ1) is 23.8. The molecular formula is C24H29FN6O3. The minimum Gasteiger partial charge on any atom is -0.376 e. The Hall–Kier alpha value is -3.37. The number of rotatable bonds is 8. The fourth-order valence-electron chi connectivity index (χ4n) is 3.79. The van der Waals surface area contributed by atoms with Crippen molar-refractivity contribution in [2.45, 2.75) is 52.1 Å². The van der Waals surface area contributed by atoms with Crippen molar-refractivity contribution in [3.63, 3.8) is 0 Å². The van der Waals surface area contributed by atoms with Crippen molar-refractivity contribution < 1.29 is 13.7 Å². The lowest BCUT2D eigenvalue weighted by Crippen LogP contribution is -2.23. The molecule has 4 aromatic rings. The highest BCUT2D eigenvalue weighted by atomic mass is 19.1. The SMILES string of the molecule is Cc1ccc(-c2noc(-c3cnn4c(C(CCN)CCOC(C)(C)C)cc(=O)[nH]c34)n2)cc1F. The summed E-state index contributed by atoms with van der Waals surface area (Å²) in [6.07, 6.45) is 2.92. The zero-order chi connectivity index (χ0) is 24.5. The number of benzene rings is 1. The number of ether oxygens (including phenoxy) is 1. The van der Waals surface area contributed by atoms with Crippen LogP contribution in [-0.4, -0.2) is 43.5 Å². The first-order chi connectivity index (χ1) is 16.2. The number of aryl methyl sites for hydroxylation is 1. The smallest absolute Gasteiger partial charge is 0.263 e.